The Balaban J connectivity index is 1.66. The van der Waals surface area contributed by atoms with E-state index in [1.165, 1.54) is 4.90 Å². The molecule has 2 heterocycles. The van der Waals surface area contributed by atoms with Crippen LogP contribution in [0.25, 0.3) is 10.9 Å². The molecule has 1 aliphatic heterocycles. The van der Waals surface area contributed by atoms with E-state index in [1.54, 1.807) is 6.20 Å². The molecule has 1 atom stereocenters. The molecule has 1 unspecified atom stereocenters. The molecule has 12 heteroatoms. The Morgan fingerprint density at radius 3 is 2.26 bits per heavy atom. The van der Waals surface area contributed by atoms with Gasteiger partial charge in [-0.3, -0.25) is 14.5 Å². The van der Waals surface area contributed by atoms with Gasteiger partial charge in [0, 0.05) is 54.8 Å². The summed E-state index contributed by atoms with van der Waals surface area (Å²) in [6.45, 7) is 1.09. The van der Waals surface area contributed by atoms with Crippen molar-refractivity contribution in [2.45, 2.75) is 37.7 Å². The number of piperazine rings is 1. The Labute approximate surface area is 213 Å². The Kier molecular flexibility index (Phi) is 7.73. The lowest BCUT2D eigenvalue weighted by molar-refractivity contribution is -0.143. The molecule has 2 N–H and O–H groups in total. The van der Waals surface area contributed by atoms with Crippen molar-refractivity contribution < 1.29 is 41.0 Å². The number of rotatable bonds is 7. The van der Waals surface area contributed by atoms with Crippen molar-refractivity contribution >= 4 is 22.8 Å². The molecule has 1 aromatic heterocycles. The molecule has 1 fully saturated rings. The van der Waals surface area contributed by atoms with Crippen LogP contribution in [-0.2, 0) is 23.6 Å². The molecule has 1 amide bonds. The Bertz CT molecular complexity index is 1290. The monoisotopic (exact) mass is 541 g/mol. The third kappa shape index (κ3) is 6.29. The SMILES string of the molecule is O=C(O)CCCN1CCN(C(=O)c2cc(C(F)(F)F)cc(C(F)(F)F)c2)C(Cc2c[nH]c3ccccc23)C1. The molecule has 0 saturated carbocycles. The molecule has 0 bridgehead atoms. The van der Waals surface area contributed by atoms with Crippen LogP contribution in [-0.4, -0.2) is 64.0 Å². The summed E-state index contributed by atoms with van der Waals surface area (Å²) in [6.07, 6.45) is -7.74. The maximum Gasteiger partial charge on any atom is 0.416 e. The molecule has 38 heavy (non-hydrogen) atoms. The quantitative estimate of drug-likeness (QED) is 0.391. The molecule has 3 aromatic rings. The van der Waals surface area contributed by atoms with E-state index in [9.17, 15) is 35.9 Å². The number of halogens is 6. The van der Waals surface area contributed by atoms with E-state index in [0.717, 1.165) is 16.5 Å². The third-order valence-electron chi connectivity index (χ3n) is 6.66. The van der Waals surface area contributed by atoms with Crippen LogP contribution < -0.4 is 0 Å². The number of fused-ring (bicyclic) bond motifs is 1. The van der Waals surface area contributed by atoms with E-state index in [1.807, 2.05) is 29.2 Å². The number of amides is 1. The number of hydrogen-bond donors (Lipinski definition) is 2. The smallest absolute Gasteiger partial charge is 0.416 e. The first kappa shape index (κ1) is 27.5. The van der Waals surface area contributed by atoms with Gasteiger partial charge in [-0.25, -0.2) is 0 Å². The summed E-state index contributed by atoms with van der Waals surface area (Å²) < 4.78 is 80.4. The van der Waals surface area contributed by atoms with E-state index >= 15 is 0 Å². The molecule has 1 saturated heterocycles. The van der Waals surface area contributed by atoms with Crippen LogP contribution in [0.15, 0.2) is 48.7 Å². The summed E-state index contributed by atoms with van der Waals surface area (Å²) in [6, 6.07) is 7.77. The predicted octanol–water partition coefficient (Wildman–Crippen LogP) is 5.44. The molecule has 0 spiro atoms. The second kappa shape index (κ2) is 10.7. The minimum Gasteiger partial charge on any atom is -0.481 e. The molecular formula is C26H25F6N3O3. The fraction of sp³-hybridized carbons (Fsp3) is 0.385. The molecule has 4 rings (SSSR count). The van der Waals surface area contributed by atoms with Crippen molar-refractivity contribution in [1.29, 1.82) is 0 Å². The molecular weight excluding hydrogens is 516 g/mol. The predicted molar refractivity (Wildman–Crippen MR) is 127 cm³/mol. The fourth-order valence-corrected chi connectivity index (χ4v) is 4.82. The summed E-state index contributed by atoms with van der Waals surface area (Å²) in [5.74, 6) is -1.87. The van der Waals surface area contributed by atoms with Crippen LogP contribution in [0.4, 0.5) is 26.3 Å². The molecule has 1 aliphatic rings. The van der Waals surface area contributed by atoms with Gasteiger partial charge >= 0.3 is 18.3 Å². The van der Waals surface area contributed by atoms with Crippen molar-refractivity contribution in [2.75, 3.05) is 26.2 Å². The van der Waals surface area contributed by atoms with Crippen molar-refractivity contribution in [1.82, 2.24) is 14.8 Å². The number of nitrogens with one attached hydrogen (secondary N) is 1. The summed E-state index contributed by atoms with van der Waals surface area (Å²) >= 11 is 0. The van der Waals surface area contributed by atoms with Crippen LogP contribution >= 0.6 is 0 Å². The topological polar surface area (TPSA) is 76.6 Å². The lowest BCUT2D eigenvalue weighted by atomic mass is 9.98. The van der Waals surface area contributed by atoms with E-state index in [0.29, 0.717) is 38.1 Å². The first-order chi connectivity index (χ1) is 17.8. The summed E-state index contributed by atoms with van der Waals surface area (Å²) in [5, 5.41) is 9.82. The number of para-hydroxylation sites is 1. The number of aliphatic carboxylic acids is 1. The van der Waals surface area contributed by atoms with E-state index < -0.39 is 47.0 Å². The van der Waals surface area contributed by atoms with Crippen molar-refractivity contribution in [3.8, 4) is 0 Å². The van der Waals surface area contributed by atoms with Gasteiger partial charge in [0.1, 0.15) is 0 Å². The number of carbonyl (C=O) groups excluding carboxylic acids is 1. The number of H-pyrrole nitrogens is 1. The van der Waals surface area contributed by atoms with E-state index in [4.69, 9.17) is 5.11 Å². The number of alkyl halides is 6. The third-order valence-corrected chi connectivity index (χ3v) is 6.66. The standard InChI is InChI=1S/C26H25F6N3O3/c27-25(28,29)18-10-16(11-19(13-18)26(30,31)32)24(38)35-9-8-34(7-3-6-23(36)37)15-20(35)12-17-14-33-22-5-2-1-4-21(17)22/h1-2,4-5,10-11,13-14,20,33H,3,6-9,12,15H2,(H,36,37). The normalized spacial score (nSPS) is 17.2. The van der Waals surface area contributed by atoms with Crippen LogP contribution in [0.1, 0.15) is 39.9 Å². The highest BCUT2D eigenvalue weighted by Crippen LogP contribution is 2.37. The van der Waals surface area contributed by atoms with Gasteiger partial charge in [0.05, 0.1) is 11.1 Å². The first-order valence-corrected chi connectivity index (χ1v) is 11.9. The van der Waals surface area contributed by atoms with E-state index in [2.05, 4.69) is 4.98 Å². The molecule has 0 aliphatic carbocycles. The second-order valence-corrected chi connectivity index (χ2v) is 9.31. The maximum absolute atomic E-state index is 13.5. The number of nitrogens with zero attached hydrogens (tertiary/aromatic N) is 2. The van der Waals surface area contributed by atoms with Gasteiger partial charge in [0.2, 0.25) is 0 Å². The fourth-order valence-electron chi connectivity index (χ4n) is 4.82. The van der Waals surface area contributed by atoms with Crippen LogP contribution in [0, 0.1) is 0 Å². The van der Waals surface area contributed by atoms with Gasteiger partial charge in [-0.1, -0.05) is 18.2 Å². The van der Waals surface area contributed by atoms with Crippen LogP contribution in [0.5, 0.6) is 0 Å². The van der Waals surface area contributed by atoms with Gasteiger partial charge < -0.3 is 15.0 Å². The van der Waals surface area contributed by atoms with Crippen LogP contribution in [0.3, 0.4) is 0 Å². The Hall–Kier alpha value is -3.54. The number of carboxylic acid groups (broad SMARTS) is 1. The maximum atomic E-state index is 13.5. The number of aromatic nitrogens is 1. The van der Waals surface area contributed by atoms with Crippen LogP contribution in [0.2, 0.25) is 0 Å². The number of carboxylic acids is 1. The molecule has 204 valence electrons. The lowest BCUT2D eigenvalue weighted by Gasteiger charge is -2.42. The highest BCUT2D eigenvalue weighted by Gasteiger charge is 2.39. The highest BCUT2D eigenvalue weighted by atomic mass is 19.4. The number of carbonyl (C=O) groups is 2. The highest BCUT2D eigenvalue weighted by molar-refractivity contribution is 5.95. The minimum atomic E-state index is -5.07. The number of aromatic amines is 1. The van der Waals surface area contributed by atoms with Gasteiger partial charge in [-0.15, -0.1) is 0 Å². The molecule has 2 aromatic carbocycles. The van der Waals surface area contributed by atoms with Crippen molar-refractivity contribution in [3.05, 3.63) is 70.9 Å². The lowest BCUT2D eigenvalue weighted by Crippen LogP contribution is -2.56. The van der Waals surface area contributed by atoms with Crippen molar-refractivity contribution in [2.24, 2.45) is 0 Å². The average molecular weight is 541 g/mol. The average Bonchev–Trinajstić information content (AvgIpc) is 3.25. The Morgan fingerprint density at radius 2 is 1.63 bits per heavy atom. The number of hydrogen-bond acceptors (Lipinski definition) is 3. The zero-order chi connectivity index (χ0) is 27.7. The molecule has 0 radical (unpaired) electrons. The summed E-state index contributed by atoms with van der Waals surface area (Å²) in [7, 11) is 0. The largest absolute Gasteiger partial charge is 0.481 e. The summed E-state index contributed by atoms with van der Waals surface area (Å²) in [4.78, 5) is 30.8. The Morgan fingerprint density at radius 1 is 0.974 bits per heavy atom. The molecule has 6 nitrogen and oxygen atoms in total. The van der Waals surface area contributed by atoms with Gasteiger partial charge in [-0.2, -0.15) is 26.3 Å². The van der Waals surface area contributed by atoms with E-state index in [-0.39, 0.29) is 25.6 Å². The summed E-state index contributed by atoms with van der Waals surface area (Å²) in [5.41, 5.74) is -2.08. The van der Waals surface area contributed by atoms with Gasteiger partial charge in [-0.05, 0) is 49.2 Å². The number of benzene rings is 2. The first-order valence-electron chi connectivity index (χ1n) is 11.9. The zero-order valence-corrected chi connectivity index (χ0v) is 20.1. The minimum absolute atomic E-state index is 0.000588. The van der Waals surface area contributed by atoms with Crippen molar-refractivity contribution in [3.63, 3.8) is 0 Å². The zero-order valence-electron chi connectivity index (χ0n) is 20.1. The second-order valence-electron chi connectivity index (χ2n) is 9.31. The van der Waals surface area contributed by atoms with Gasteiger partial charge in [0.15, 0.2) is 0 Å². The van der Waals surface area contributed by atoms with Gasteiger partial charge in [0.25, 0.3) is 5.91 Å².